The predicted octanol–water partition coefficient (Wildman–Crippen LogP) is 1.26. The van der Waals surface area contributed by atoms with Crippen molar-refractivity contribution in [1.82, 2.24) is 36.0 Å². The molecule has 0 spiro atoms. The monoisotopic (exact) mass is 391 g/mol. The Labute approximate surface area is 164 Å². The van der Waals surface area contributed by atoms with Crippen molar-refractivity contribution in [2.45, 2.75) is 19.4 Å². The number of benzene rings is 2. The zero-order valence-electron chi connectivity index (χ0n) is 15.3. The highest BCUT2D eigenvalue weighted by atomic mass is 16.3. The van der Waals surface area contributed by atoms with E-state index in [1.807, 2.05) is 54.6 Å². The number of oxazole rings is 1. The first-order valence-corrected chi connectivity index (χ1v) is 8.93. The number of nitrogens with one attached hydrogen (secondary N) is 2. The number of nitrogens with zero attached hydrogens (tertiary/aromatic N) is 5. The van der Waals surface area contributed by atoms with Gasteiger partial charge in [-0.2, -0.15) is 4.80 Å². The van der Waals surface area contributed by atoms with E-state index in [1.54, 1.807) is 0 Å². The Balaban J connectivity index is 1.23. The van der Waals surface area contributed by atoms with E-state index in [0.29, 0.717) is 23.7 Å². The topological polar surface area (TPSA) is 128 Å². The van der Waals surface area contributed by atoms with Crippen molar-refractivity contribution >= 4 is 22.9 Å². The number of fused-ring (bicyclic) bond motifs is 1. The normalized spacial score (nSPS) is 10.8. The second kappa shape index (κ2) is 8.30. The van der Waals surface area contributed by atoms with Gasteiger partial charge in [0.05, 0.1) is 0 Å². The molecule has 0 aliphatic heterocycles. The van der Waals surface area contributed by atoms with Gasteiger partial charge in [-0.3, -0.25) is 20.4 Å². The van der Waals surface area contributed by atoms with Crippen LogP contribution in [0.25, 0.3) is 22.5 Å². The number of carbonyl (C=O) groups is 2. The number of para-hydroxylation sites is 2. The van der Waals surface area contributed by atoms with E-state index in [0.717, 1.165) is 15.9 Å². The highest BCUT2D eigenvalue weighted by molar-refractivity contribution is 5.81. The largest absolute Gasteiger partial charge is 0.441 e. The molecule has 4 aromatic rings. The molecule has 0 saturated heterocycles. The zero-order valence-corrected chi connectivity index (χ0v) is 15.3. The van der Waals surface area contributed by atoms with E-state index in [2.05, 4.69) is 31.2 Å². The lowest BCUT2D eigenvalue weighted by molar-refractivity contribution is -0.129. The van der Waals surface area contributed by atoms with E-state index in [4.69, 9.17) is 4.42 Å². The van der Waals surface area contributed by atoms with E-state index in [-0.39, 0.29) is 18.9 Å². The number of amides is 2. The molecule has 10 heteroatoms. The molecule has 0 saturated carbocycles. The first-order chi connectivity index (χ1) is 14.2. The molecular weight excluding hydrogens is 374 g/mol. The zero-order chi connectivity index (χ0) is 20.1. The van der Waals surface area contributed by atoms with Gasteiger partial charge in [-0.05, 0) is 17.3 Å². The second-order valence-electron chi connectivity index (χ2n) is 6.18. The fourth-order valence-electron chi connectivity index (χ4n) is 2.63. The SMILES string of the molecule is O=C(CCc1nc2ccccc2o1)NNC(=O)Cn1nnc(-c2ccccc2)n1. The number of hydrogen-bond donors (Lipinski definition) is 2. The molecule has 4 rings (SSSR count). The molecule has 29 heavy (non-hydrogen) atoms. The van der Waals surface area contributed by atoms with Gasteiger partial charge in [0, 0.05) is 18.4 Å². The summed E-state index contributed by atoms with van der Waals surface area (Å²) >= 11 is 0. The number of aryl methyl sites for hydroxylation is 1. The molecule has 0 fully saturated rings. The molecule has 0 bridgehead atoms. The standard InChI is InChI=1S/C19H17N7O3/c27-16(10-11-18-20-14-8-4-5-9-15(14)29-18)21-22-17(28)12-26-24-19(23-25-26)13-6-2-1-3-7-13/h1-9H,10-12H2,(H,21,27)(H,22,28). The van der Waals surface area contributed by atoms with Gasteiger partial charge in [0.2, 0.25) is 11.7 Å². The molecule has 0 atom stereocenters. The summed E-state index contributed by atoms with van der Waals surface area (Å²) in [6.45, 7) is -0.175. The van der Waals surface area contributed by atoms with Crippen molar-refractivity contribution < 1.29 is 14.0 Å². The fourth-order valence-corrected chi connectivity index (χ4v) is 2.63. The lowest BCUT2D eigenvalue weighted by Crippen LogP contribution is -2.43. The van der Waals surface area contributed by atoms with Crippen molar-refractivity contribution in [3.8, 4) is 11.4 Å². The van der Waals surface area contributed by atoms with Crippen LogP contribution in [0, 0.1) is 0 Å². The van der Waals surface area contributed by atoms with Gasteiger partial charge < -0.3 is 4.42 Å². The molecule has 2 N–H and O–H groups in total. The van der Waals surface area contributed by atoms with Crippen LogP contribution in [0.1, 0.15) is 12.3 Å². The molecule has 0 aliphatic carbocycles. The van der Waals surface area contributed by atoms with Crippen molar-refractivity contribution in [2.24, 2.45) is 0 Å². The summed E-state index contributed by atoms with van der Waals surface area (Å²) in [5.74, 6) is 0.0445. The summed E-state index contributed by atoms with van der Waals surface area (Å²) < 4.78 is 5.56. The number of tetrazole rings is 1. The van der Waals surface area contributed by atoms with Gasteiger partial charge in [0.25, 0.3) is 5.91 Å². The number of aromatic nitrogens is 5. The van der Waals surface area contributed by atoms with Crippen LogP contribution in [0.2, 0.25) is 0 Å². The van der Waals surface area contributed by atoms with Crippen LogP contribution in [-0.2, 0) is 22.6 Å². The summed E-state index contributed by atoms with van der Waals surface area (Å²) in [5, 5.41) is 11.9. The lowest BCUT2D eigenvalue weighted by Gasteiger charge is -2.05. The second-order valence-corrected chi connectivity index (χ2v) is 6.18. The third kappa shape index (κ3) is 4.61. The highest BCUT2D eigenvalue weighted by Crippen LogP contribution is 2.15. The minimum absolute atomic E-state index is 0.118. The average molecular weight is 391 g/mol. The van der Waals surface area contributed by atoms with Crippen LogP contribution in [0.5, 0.6) is 0 Å². The van der Waals surface area contributed by atoms with Crippen LogP contribution < -0.4 is 10.9 Å². The van der Waals surface area contributed by atoms with Crippen LogP contribution in [0.15, 0.2) is 59.0 Å². The molecule has 2 amide bonds. The van der Waals surface area contributed by atoms with Gasteiger partial charge in [0.1, 0.15) is 12.1 Å². The molecule has 2 aromatic carbocycles. The Kier molecular flexibility index (Phi) is 5.23. The summed E-state index contributed by atoms with van der Waals surface area (Å²) in [6, 6.07) is 16.7. The van der Waals surface area contributed by atoms with E-state index in [9.17, 15) is 9.59 Å². The average Bonchev–Trinajstić information content (AvgIpc) is 3.38. The smallest absolute Gasteiger partial charge is 0.262 e. The van der Waals surface area contributed by atoms with E-state index >= 15 is 0 Å². The molecule has 0 radical (unpaired) electrons. The molecule has 2 aromatic heterocycles. The minimum atomic E-state index is -0.475. The molecule has 0 aliphatic rings. The third-order valence-corrected chi connectivity index (χ3v) is 4.02. The number of hydrogen-bond acceptors (Lipinski definition) is 7. The summed E-state index contributed by atoms with van der Waals surface area (Å²) in [4.78, 5) is 29.4. The molecule has 10 nitrogen and oxygen atoms in total. The van der Waals surface area contributed by atoms with Gasteiger partial charge in [-0.25, -0.2) is 4.98 Å². The number of hydrazine groups is 1. The van der Waals surface area contributed by atoms with Crippen molar-refractivity contribution in [3.63, 3.8) is 0 Å². The maximum atomic E-state index is 12.0. The Morgan fingerprint density at radius 3 is 2.55 bits per heavy atom. The molecule has 146 valence electrons. The third-order valence-electron chi connectivity index (χ3n) is 4.02. The van der Waals surface area contributed by atoms with Gasteiger partial charge >= 0.3 is 0 Å². The summed E-state index contributed by atoms with van der Waals surface area (Å²) in [6.07, 6.45) is 0.439. The highest BCUT2D eigenvalue weighted by Gasteiger charge is 2.11. The van der Waals surface area contributed by atoms with Gasteiger partial charge in [-0.15, -0.1) is 10.2 Å². The van der Waals surface area contributed by atoms with Crippen LogP contribution in [0.3, 0.4) is 0 Å². The van der Waals surface area contributed by atoms with Crippen LogP contribution >= 0.6 is 0 Å². The fraction of sp³-hybridized carbons (Fsp3) is 0.158. The Bertz CT molecular complexity index is 1100. The molecule has 0 unspecified atom stereocenters. The first kappa shape index (κ1) is 18.3. The van der Waals surface area contributed by atoms with Gasteiger partial charge in [0.15, 0.2) is 11.5 Å². The van der Waals surface area contributed by atoms with Gasteiger partial charge in [-0.1, -0.05) is 42.5 Å². The summed E-state index contributed by atoms with van der Waals surface area (Å²) in [7, 11) is 0. The Morgan fingerprint density at radius 2 is 1.72 bits per heavy atom. The van der Waals surface area contributed by atoms with Crippen molar-refractivity contribution in [2.75, 3.05) is 0 Å². The lowest BCUT2D eigenvalue weighted by atomic mass is 10.2. The quantitative estimate of drug-likeness (QED) is 0.474. The van der Waals surface area contributed by atoms with Crippen molar-refractivity contribution in [1.29, 1.82) is 0 Å². The predicted molar refractivity (Wildman–Crippen MR) is 102 cm³/mol. The van der Waals surface area contributed by atoms with E-state index in [1.165, 1.54) is 0 Å². The first-order valence-electron chi connectivity index (χ1n) is 8.93. The number of rotatable bonds is 6. The van der Waals surface area contributed by atoms with E-state index < -0.39 is 5.91 Å². The molecular formula is C19H17N7O3. The maximum Gasteiger partial charge on any atom is 0.262 e. The molecule has 2 heterocycles. The minimum Gasteiger partial charge on any atom is -0.441 e. The van der Waals surface area contributed by atoms with Crippen LogP contribution in [-0.4, -0.2) is 37.0 Å². The number of carbonyl (C=O) groups excluding carboxylic acids is 2. The summed E-state index contributed by atoms with van der Waals surface area (Å²) in [5.41, 5.74) is 6.89. The Hall–Kier alpha value is -4.08. The maximum absolute atomic E-state index is 12.0. The van der Waals surface area contributed by atoms with Crippen LogP contribution in [0.4, 0.5) is 0 Å². The Morgan fingerprint density at radius 1 is 0.966 bits per heavy atom. The van der Waals surface area contributed by atoms with Crippen molar-refractivity contribution in [3.05, 3.63) is 60.5 Å².